The van der Waals surface area contributed by atoms with Gasteiger partial charge < -0.3 is 19.7 Å². The van der Waals surface area contributed by atoms with Crippen molar-refractivity contribution in [1.82, 2.24) is 5.32 Å². The number of anilines is 1. The summed E-state index contributed by atoms with van der Waals surface area (Å²) in [6.07, 6.45) is 0.0376. The molecular formula is C17H24N2O4. The normalized spacial score (nSPS) is 19.5. The zero-order valence-corrected chi connectivity index (χ0v) is 14.1. The fourth-order valence-electron chi connectivity index (χ4n) is 2.94. The number of rotatable bonds is 6. The van der Waals surface area contributed by atoms with Crippen LogP contribution in [-0.2, 0) is 14.9 Å². The molecule has 0 fully saturated rings. The van der Waals surface area contributed by atoms with Crippen LogP contribution in [0.3, 0.4) is 0 Å². The third kappa shape index (κ3) is 3.25. The summed E-state index contributed by atoms with van der Waals surface area (Å²) >= 11 is 0. The van der Waals surface area contributed by atoms with E-state index in [-0.39, 0.29) is 5.91 Å². The second-order valence-electron chi connectivity index (χ2n) is 5.71. The fraction of sp³-hybridized carbons (Fsp3) is 0.529. The van der Waals surface area contributed by atoms with E-state index in [1.54, 1.807) is 18.9 Å². The number of likely N-dealkylation sites (N-methyl/N-ethyl adjacent to an activating group) is 1. The average molecular weight is 320 g/mol. The quantitative estimate of drug-likeness (QED) is 0.874. The number of amides is 2. The van der Waals surface area contributed by atoms with Crippen molar-refractivity contribution in [2.75, 3.05) is 31.7 Å². The fourth-order valence-corrected chi connectivity index (χ4v) is 2.94. The Hall–Kier alpha value is -2.24. The van der Waals surface area contributed by atoms with Crippen LogP contribution in [0, 0.1) is 0 Å². The number of fused-ring (bicyclic) bond motifs is 1. The molecule has 0 aromatic heterocycles. The topological polar surface area (TPSA) is 67.9 Å². The summed E-state index contributed by atoms with van der Waals surface area (Å²) in [6.45, 7) is 6.84. The summed E-state index contributed by atoms with van der Waals surface area (Å²) in [5, 5.41) is 2.68. The molecule has 0 unspecified atom stereocenters. The van der Waals surface area contributed by atoms with Gasteiger partial charge in [-0.05, 0) is 51.0 Å². The SMILES string of the molecule is CCOC(=O)NCC[C@]1(C)C(=O)N(C)c2ccc(OCC)cc21. The lowest BCUT2D eigenvalue weighted by Gasteiger charge is -2.23. The molecule has 1 atom stereocenters. The molecule has 0 spiro atoms. The van der Waals surface area contributed by atoms with E-state index in [1.807, 2.05) is 32.0 Å². The maximum absolute atomic E-state index is 12.7. The minimum absolute atomic E-state index is 0.0202. The third-order valence-corrected chi connectivity index (χ3v) is 4.18. The summed E-state index contributed by atoms with van der Waals surface area (Å²) in [4.78, 5) is 25.8. The lowest BCUT2D eigenvalue weighted by Crippen LogP contribution is -2.39. The molecule has 1 aromatic rings. The van der Waals surface area contributed by atoms with E-state index in [1.165, 1.54) is 0 Å². The van der Waals surface area contributed by atoms with Gasteiger partial charge in [-0.15, -0.1) is 0 Å². The van der Waals surface area contributed by atoms with Crippen LogP contribution >= 0.6 is 0 Å². The largest absolute Gasteiger partial charge is 0.494 e. The molecule has 0 bridgehead atoms. The van der Waals surface area contributed by atoms with Crippen molar-refractivity contribution in [3.63, 3.8) is 0 Å². The van der Waals surface area contributed by atoms with E-state index >= 15 is 0 Å². The zero-order valence-electron chi connectivity index (χ0n) is 14.1. The molecule has 6 nitrogen and oxygen atoms in total. The van der Waals surface area contributed by atoms with E-state index in [0.29, 0.717) is 26.2 Å². The van der Waals surface area contributed by atoms with Gasteiger partial charge in [0.1, 0.15) is 5.75 Å². The van der Waals surface area contributed by atoms with Gasteiger partial charge in [-0.2, -0.15) is 0 Å². The van der Waals surface area contributed by atoms with E-state index in [4.69, 9.17) is 9.47 Å². The number of nitrogens with zero attached hydrogens (tertiary/aromatic N) is 1. The lowest BCUT2D eigenvalue weighted by molar-refractivity contribution is -0.122. The number of alkyl carbamates (subject to hydrolysis) is 1. The second kappa shape index (κ2) is 6.89. The van der Waals surface area contributed by atoms with Crippen LogP contribution in [0.1, 0.15) is 32.8 Å². The predicted molar refractivity (Wildman–Crippen MR) is 88.0 cm³/mol. The van der Waals surface area contributed by atoms with Gasteiger partial charge in [-0.3, -0.25) is 4.79 Å². The smallest absolute Gasteiger partial charge is 0.407 e. The van der Waals surface area contributed by atoms with Crippen molar-refractivity contribution in [2.45, 2.75) is 32.6 Å². The number of benzene rings is 1. The van der Waals surface area contributed by atoms with Crippen LogP contribution in [0.25, 0.3) is 0 Å². The van der Waals surface area contributed by atoms with Gasteiger partial charge in [-0.25, -0.2) is 4.79 Å². The van der Waals surface area contributed by atoms with Gasteiger partial charge in [0, 0.05) is 19.3 Å². The number of carbonyl (C=O) groups is 2. The molecule has 1 aromatic carbocycles. The van der Waals surface area contributed by atoms with Crippen molar-refractivity contribution < 1.29 is 19.1 Å². The molecule has 1 heterocycles. The van der Waals surface area contributed by atoms with Crippen molar-refractivity contribution in [3.8, 4) is 5.75 Å². The molecule has 126 valence electrons. The highest BCUT2D eigenvalue weighted by Crippen LogP contribution is 2.44. The molecule has 0 radical (unpaired) electrons. The molecule has 23 heavy (non-hydrogen) atoms. The van der Waals surface area contributed by atoms with Gasteiger partial charge in [0.05, 0.1) is 18.6 Å². The number of ether oxygens (including phenoxy) is 2. The highest BCUT2D eigenvalue weighted by Gasteiger charge is 2.45. The number of hydrogen-bond acceptors (Lipinski definition) is 4. The Labute approximate surface area is 136 Å². The molecule has 6 heteroatoms. The van der Waals surface area contributed by atoms with Gasteiger partial charge in [0.2, 0.25) is 5.91 Å². The minimum Gasteiger partial charge on any atom is -0.494 e. The van der Waals surface area contributed by atoms with E-state index in [2.05, 4.69) is 5.32 Å². The summed E-state index contributed by atoms with van der Waals surface area (Å²) in [5.74, 6) is 0.769. The molecule has 1 N–H and O–H groups in total. The standard InChI is InChI=1S/C17H24N2O4/c1-5-22-12-7-8-14-13(11-12)17(3,15(20)19(14)4)9-10-18-16(21)23-6-2/h7-8,11H,5-6,9-10H2,1-4H3,(H,18,21)/t17-/m0/s1. The highest BCUT2D eigenvalue weighted by atomic mass is 16.5. The molecule has 1 aliphatic heterocycles. The van der Waals surface area contributed by atoms with Gasteiger partial charge in [-0.1, -0.05) is 0 Å². The Bertz CT molecular complexity index is 602. The Morgan fingerprint density at radius 1 is 1.30 bits per heavy atom. The molecular weight excluding hydrogens is 296 g/mol. The maximum atomic E-state index is 12.7. The molecule has 2 amide bonds. The maximum Gasteiger partial charge on any atom is 0.407 e. The first-order chi connectivity index (χ1) is 10.9. The third-order valence-electron chi connectivity index (χ3n) is 4.18. The molecule has 0 saturated carbocycles. The minimum atomic E-state index is -0.684. The molecule has 2 rings (SSSR count). The van der Waals surface area contributed by atoms with Crippen molar-refractivity contribution in [2.24, 2.45) is 0 Å². The molecule has 0 saturated heterocycles. The summed E-state index contributed by atoms with van der Waals surface area (Å²) in [5.41, 5.74) is 1.13. The van der Waals surface area contributed by atoms with Crippen LogP contribution in [0.5, 0.6) is 5.75 Å². The summed E-state index contributed by atoms with van der Waals surface area (Å²) < 4.78 is 10.4. The molecule has 0 aliphatic carbocycles. The highest BCUT2D eigenvalue weighted by molar-refractivity contribution is 6.07. The van der Waals surface area contributed by atoms with Crippen LogP contribution in [0.2, 0.25) is 0 Å². The van der Waals surface area contributed by atoms with Crippen molar-refractivity contribution in [1.29, 1.82) is 0 Å². The van der Waals surface area contributed by atoms with Crippen LogP contribution in [0.15, 0.2) is 18.2 Å². The van der Waals surface area contributed by atoms with Crippen LogP contribution in [-0.4, -0.2) is 38.8 Å². The number of nitrogens with one attached hydrogen (secondary N) is 1. The predicted octanol–water partition coefficient (Wildman–Crippen LogP) is 2.46. The summed E-state index contributed by atoms with van der Waals surface area (Å²) in [6, 6.07) is 5.70. The Kier molecular flexibility index (Phi) is 5.13. The zero-order chi connectivity index (χ0) is 17.0. The lowest BCUT2D eigenvalue weighted by atomic mass is 9.80. The summed E-state index contributed by atoms with van der Waals surface area (Å²) in [7, 11) is 1.77. The van der Waals surface area contributed by atoms with Gasteiger partial charge in [0.25, 0.3) is 0 Å². The first kappa shape index (κ1) is 17.1. The van der Waals surface area contributed by atoms with E-state index < -0.39 is 11.5 Å². The number of hydrogen-bond donors (Lipinski definition) is 1. The average Bonchev–Trinajstić information content (AvgIpc) is 2.70. The monoisotopic (exact) mass is 320 g/mol. The van der Waals surface area contributed by atoms with Crippen LogP contribution < -0.4 is 15.0 Å². The number of carbonyl (C=O) groups excluding carboxylic acids is 2. The first-order valence-corrected chi connectivity index (χ1v) is 7.90. The van der Waals surface area contributed by atoms with E-state index in [0.717, 1.165) is 17.0 Å². The molecule has 1 aliphatic rings. The Balaban J connectivity index is 2.19. The van der Waals surface area contributed by atoms with Crippen LogP contribution in [0.4, 0.5) is 10.5 Å². The van der Waals surface area contributed by atoms with Crippen molar-refractivity contribution >= 4 is 17.7 Å². The van der Waals surface area contributed by atoms with Gasteiger partial charge in [0.15, 0.2) is 0 Å². The van der Waals surface area contributed by atoms with Gasteiger partial charge >= 0.3 is 6.09 Å². The van der Waals surface area contributed by atoms with E-state index in [9.17, 15) is 9.59 Å². The Morgan fingerprint density at radius 2 is 2.04 bits per heavy atom. The first-order valence-electron chi connectivity index (χ1n) is 7.90. The van der Waals surface area contributed by atoms with Crippen molar-refractivity contribution in [3.05, 3.63) is 23.8 Å². The second-order valence-corrected chi connectivity index (χ2v) is 5.71. The Morgan fingerprint density at radius 3 is 2.70 bits per heavy atom.